The maximum atomic E-state index is 12.8. The van der Waals surface area contributed by atoms with Crippen molar-refractivity contribution in [2.24, 2.45) is 5.73 Å². The third-order valence-electron chi connectivity index (χ3n) is 10.9. The van der Waals surface area contributed by atoms with Crippen LogP contribution in [0.1, 0.15) is 239 Å². The third-order valence-corrected chi connectivity index (χ3v) is 10.9. The number of carbonyl (C=O) groups is 3. The molecule has 0 radical (unpaired) electrons. The average molecular weight is 813 g/mol. The van der Waals surface area contributed by atoms with Gasteiger partial charge in [-0.2, -0.15) is 0 Å². The first-order valence-corrected chi connectivity index (χ1v) is 24.5. The molecule has 7 nitrogen and oxygen atoms in total. The van der Waals surface area contributed by atoms with Crippen molar-refractivity contribution in [1.29, 1.82) is 0 Å². The lowest BCUT2D eigenvalue weighted by Crippen LogP contribution is -2.40. The van der Waals surface area contributed by atoms with E-state index in [0.29, 0.717) is 32.2 Å². The van der Waals surface area contributed by atoms with Gasteiger partial charge in [-0.05, 0) is 76.8 Å². The van der Waals surface area contributed by atoms with Crippen LogP contribution in [0, 0.1) is 0 Å². The van der Waals surface area contributed by atoms with Crippen LogP contribution < -0.4 is 11.1 Å². The van der Waals surface area contributed by atoms with Crippen LogP contribution in [0.15, 0.2) is 48.6 Å². The van der Waals surface area contributed by atoms with E-state index in [1.165, 1.54) is 122 Å². The second kappa shape index (κ2) is 45.4. The van der Waals surface area contributed by atoms with Crippen LogP contribution in [0.5, 0.6) is 0 Å². The standard InChI is InChI=1S/C51H92N2O5/c1-3-5-7-9-11-13-15-16-17-18-19-20-21-22-23-24-26-28-30-35-39-45-50(55)58-47(41-36-32-29-27-25-14-12-10-8-6-4-2)42-37-33-31-34-38-44-49(54)53-48(51(56)57)43-40-46-52/h6,8,12,14,27,29,36,41,47-48H,3-5,7,9-11,13,15-26,28,30-35,37-40,42-46,52H2,1-2H3,(H,53,54)(H,56,57)/b8-6-,14-12-,29-27-,41-36-. The number of carboxylic acids is 1. The van der Waals surface area contributed by atoms with Gasteiger partial charge in [0.1, 0.15) is 12.1 Å². The van der Waals surface area contributed by atoms with Crippen molar-refractivity contribution in [2.45, 2.75) is 251 Å². The first-order chi connectivity index (χ1) is 28.4. The van der Waals surface area contributed by atoms with Gasteiger partial charge < -0.3 is 20.9 Å². The van der Waals surface area contributed by atoms with Gasteiger partial charge in [-0.25, -0.2) is 4.79 Å². The zero-order valence-corrected chi connectivity index (χ0v) is 37.9. The van der Waals surface area contributed by atoms with Crippen molar-refractivity contribution >= 4 is 17.8 Å². The van der Waals surface area contributed by atoms with Crippen LogP contribution in [-0.4, -0.2) is 41.6 Å². The summed E-state index contributed by atoms with van der Waals surface area (Å²) in [5.74, 6) is -1.32. The number of nitrogens with one attached hydrogen (secondary N) is 1. The van der Waals surface area contributed by atoms with Gasteiger partial charge in [0.15, 0.2) is 0 Å². The van der Waals surface area contributed by atoms with Gasteiger partial charge in [-0.15, -0.1) is 0 Å². The third kappa shape index (κ3) is 41.5. The Bertz CT molecular complexity index is 1050. The van der Waals surface area contributed by atoms with Crippen LogP contribution in [0.2, 0.25) is 0 Å². The Morgan fingerprint density at radius 3 is 1.38 bits per heavy atom. The highest BCUT2D eigenvalue weighted by Crippen LogP contribution is 2.17. The Hall–Kier alpha value is -2.67. The molecule has 0 spiro atoms. The fourth-order valence-electron chi connectivity index (χ4n) is 7.24. The van der Waals surface area contributed by atoms with E-state index in [-0.39, 0.29) is 18.0 Å². The van der Waals surface area contributed by atoms with Gasteiger partial charge >= 0.3 is 11.9 Å². The number of hydrogen-bond acceptors (Lipinski definition) is 5. The van der Waals surface area contributed by atoms with Crippen LogP contribution in [0.25, 0.3) is 0 Å². The minimum atomic E-state index is -1.01. The first-order valence-electron chi connectivity index (χ1n) is 24.5. The number of ether oxygens (including phenoxy) is 1. The molecule has 0 aromatic rings. The number of esters is 1. The molecule has 0 saturated carbocycles. The molecule has 0 heterocycles. The number of rotatable bonds is 44. The number of hydrogen-bond donors (Lipinski definition) is 3. The molecule has 58 heavy (non-hydrogen) atoms. The lowest BCUT2D eigenvalue weighted by molar-refractivity contribution is -0.147. The fourth-order valence-corrected chi connectivity index (χ4v) is 7.24. The number of allylic oxidation sites excluding steroid dienone is 7. The summed E-state index contributed by atoms with van der Waals surface area (Å²) >= 11 is 0. The fraction of sp³-hybridized carbons (Fsp3) is 0.784. The van der Waals surface area contributed by atoms with E-state index in [0.717, 1.165) is 77.0 Å². The zero-order valence-electron chi connectivity index (χ0n) is 37.9. The smallest absolute Gasteiger partial charge is 0.326 e. The van der Waals surface area contributed by atoms with E-state index in [2.05, 4.69) is 67.8 Å². The number of aliphatic carboxylic acids is 1. The molecule has 0 aliphatic carbocycles. The summed E-state index contributed by atoms with van der Waals surface area (Å²) in [7, 11) is 0. The zero-order chi connectivity index (χ0) is 42.4. The van der Waals surface area contributed by atoms with Crippen molar-refractivity contribution in [1.82, 2.24) is 5.32 Å². The Morgan fingerprint density at radius 1 is 0.517 bits per heavy atom. The van der Waals surface area contributed by atoms with Gasteiger partial charge in [0.2, 0.25) is 5.91 Å². The molecule has 4 N–H and O–H groups in total. The normalized spacial score (nSPS) is 13.0. The summed E-state index contributed by atoms with van der Waals surface area (Å²) in [6.07, 6.45) is 56.2. The largest absolute Gasteiger partial charge is 0.480 e. The maximum absolute atomic E-state index is 12.8. The van der Waals surface area contributed by atoms with E-state index in [9.17, 15) is 19.5 Å². The van der Waals surface area contributed by atoms with Gasteiger partial charge in [0.05, 0.1) is 0 Å². The number of unbranched alkanes of at least 4 members (excludes halogenated alkanes) is 24. The predicted molar refractivity (Wildman–Crippen MR) is 248 cm³/mol. The van der Waals surface area contributed by atoms with Gasteiger partial charge in [-0.1, -0.05) is 204 Å². The van der Waals surface area contributed by atoms with Gasteiger partial charge in [0.25, 0.3) is 0 Å². The highest BCUT2D eigenvalue weighted by atomic mass is 16.5. The molecule has 1 amide bonds. The Balaban J connectivity index is 4.25. The number of amides is 1. The molecule has 0 aromatic carbocycles. The Labute approximate surface area is 358 Å². The number of nitrogens with two attached hydrogens (primary N) is 1. The minimum absolute atomic E-state index is 0.0950. The molecule has 0 saturated heterocycles. The molecular formula is C51H92N2O5. The Kier molecular flexibility index (Phi) is 43.3. The highest BCUT2D eigenvalue weighted by molar-refractivity contribution is 5.83. The highest BCUT2D eigenvalue weighted by Gasteiger charge is 2.19. The van der Waals surface area contributed by atoms with E-state index in [4.69, 9.17) is 10.5 Å². The molecule has 0 bridgehead atoms. The topological polar surface area (TPSA) is 119 Å². The van der Waals surface area contributed by atoms with Crippen molar-refractivity contribution in [3.05, 3.63) is 48.6 Å². The summed E-state index contributed by atoms with van der Waals surface area (Å²) in [6, 6.07) is -0.868. The summed E-state index contributed by atoms with van der Waals surface area (Å²) in [5, 5.41) is 11.9. The summed E-state index contributed by atoms with van der Waals surface area (Å²) in [5.41, 5.74) is 5.49. The Morgan fingerprint density at radius 2 is 0.931 bits per heavy atom. The molecule has 7 heteroatoms. The molecule has 0 aromatic heterocycles. The SMILES string of the molecule is CC/C=C\C/C=C\C/C=C\C/C=C\C(CCCCCCCC(=O)NC(CCCN)C(=O)O)OC(=O)CCCCCCCCCCCCCCCCCCCCCCC. The molecule has 336 valence electrons. The number of carbonyl (C=O) groups excluding carboxylic acids is 2. The van der Waals surface area contributed by atoms with Crippen molar-refractivity contribution in [3.63, 3.8) is 0 Å². The van der Waals surface area contributed by atoms with E-state index < -0.39 is 12.0 Å². The minimum Gasteiger partial charge on any atom is -0.480 e. The first kappa shape index (κ1) is 55.3. The second-order valence-electron chi connectivity index (χ2n) is 16.5. The molecule has 0 aliphatic heterocycles. The van der Waals surface area contributed by atoms with E-state index in [1.54, 1.807) is 0 Å². The van der Waals surface area contributed by atoms with Gasteiger partial charge in [0, 0.05) is 12.8 Å². The van der Waals surface area contributed by atoms with Crippen molar-refractivity contribution in [2.75, 3.05) is 6.54 Å². The van der Waals surface area contributed by atoms with Crippen LogP contribution in [0.4, 0.5) is 0 Å². The monoisotopic (exact) mass is 813 g/mol. The van der Waals surface area contributed by atoms with E-state index in [1.807, 2.05) is 0 Å². The molecule has 2 atom stereocenters. The summed E-state index contributed by atoms with van der Waals surface area (Å²) in [4.78, 5) is 36.4. The average Bonchev–Trinajstić information content (AvgIpc) is 3.21. The molecule has 0 aliphatic rings. The molecule has 0 rings (SSSR count). The second-order valence-corrected chi connectivity index (χ2v) is 16.5. The van der Waals surface area contributed by atoms with Crippen LogP contribution >= 0.6 is 0 Å². The molecular weight excluding hydrogens is 721 g/mol. The molecule has 2 unspecified atom stereocenters. The van der Waals surface area contributed by atoms with Crippen molar-refractivity contribution < 1.29 is 24.2 Å². The van der Waals surface area contributed by atoms with Crippen LogP contribution in [0.3, 0.4) is 0 Å². The molecule has 0 fully saturated rings. The van der Waals surface area contributed by atoms with Crippen molar-refractivity contribution in [3.8, 4) is 0 Å². The number of carboxylic acid groups (broad SMARTS) is 1. The quantitative estimate of drug-likeness (QED) is 0.0320. The predicted octanol–water partition coefficient (Wildman–Crippen LogP) is 14.3. The maximum Gasteiger partial charge on any atom is 0.326 e. The summed E-state index contributed by atoms with van der Waals surface area (Å²) in [6.45, 7) is 4.84. The van der Waals surface area contributed by atoms with Gasteiger partial charge in [-0.3, -0.25) is 9.59 Å². The lowest BCUT2D eigenvalue weighted by Gasteiger charge is -2.15. The van der Waals surface area contributed by atoms with E-state index >= 15 is 0 Å². The van der Waals surface area contributed by atoms with Crippen LogP contribution in [-0.2, 0) is 19.1 Å². The lowest BCUT2D eigenvalue weighted by atomic mass is 10.0. The summed E-state index contributed by atoms with van der Waals surface area (Å²) < 4.78 is 5.95.